The molecular weight excluding hydrogens is 140 g/mol. The van der Waals surface area contributed by atoms with Crippen LogP contribution in [0.3, 0.4) is 0 Å². The Bertz CT molecular complexity index is 186. The highest BCUT2D eigenvalue weighted by molar-refractivity contribution is 5.71. The van der Waals surface area contributed by atoms with E-state index in [2.05, 4.69) is 6.92 Å². The van der Waals surface area contributed by atoms with Crippen LogP contribution < -0.4 is 0 Å². The van der Waals surface area contributed by atoms with E-state index < -0.39 is 5.97 Å². The van der Waals surface area contributed by atoms with Gasteiger partial charge in [0.05, 0.1) is 5.92 Å². The summed E-state index contributed by atoms with van der Waals surface area (Å²) in [4.78, 5) is 10.8. The zero-order valence-electron chi connectivity index (χ0n) is 6.79. The number of carbonyl (C=O) groups is 1. The molecule has 2 fully saturated rings. The van der Waals surface area contributed by atoms with Crippen LogP contribution in [0, 0.1) is 23.7 Å². The third-order valence-electron chi connectivity index (χ3n) is 3.62. The summed E-state index contributed by atoms with van der Waals surface area (Å²) in [6, 6.07) is 0. The summed E-state index contributed by atoms with van der Waals surface area (Å²) in [5, 5.41) is 8.91. The fourth-order valence-corrected chi connectivity index (χ4v) is 3.01. The van der Waals surface area contributed by atoms with Crippen molar-refractivity contribution in [2.24, 2.45) is 23.7 Å². The maximum Gasteiger partial charge on any atom is 0.307 e. The Morgan fingerprint density at radius 2 is 2.00 bits per heavy atom. The van der Waals surface area contributed by atoms with Gasteiger partial charge in [0.15, 0.2) is 0 Å². The normalized spacial score (nSPS) is 48.1. The SMILES string of the molecule is C[C@@H]1[C@H]2CC[C@H](C2)[C@H]1C(=O)O. The largest absolute Gasteiger partial charge is 0.481 e. The predicted octanol–water partition coefficient (Wildman–Crippen LogP) is 1.75. The van der Waals surface area contributed by atoms with Crippen LogP contribution in [0.4, 0.5) is 0 Å². The second-order valence-corrected chi connectivity index (χ2v) is 4.06. The van der Waals surface area contributed by atoms with Gasteiger partial charge in [-0.05, 0) is 37.0 Å². The van der Waals surface area contributed by atoms with E-state index in [4.69, 9.17) is 5.11 Å². The minimum atomic E-state index is -0.565. The molecule has 0 heterocycles. The van der Waals surface area contributed by atoms with Crippen molar-refractivity contribution in [3.05, 3.63) is 0 Å². The smallest absolute Gasteiger partial charge is 0.307 e. The quantitative estimate of drug-likeness (QED) is 0.624. The van der Waals surface area contributed by atoms with Gasteiger partial charge >= 0.3 is 5.97 Å². The van der Waals surface area contributed by atoms with Crippen LogP contribution in [-0.2, 0) is 4.79 Å². The van der Waals surface area contributed by atoms with Crippen LogP contribution >= 0.6 is 0 Å². The summed E-state index contributed by atoms with van der Waals surface area (Å²) in [7, 11) is 0. The van der Waals surface area contributed by atoms with E-state index in [1.807, 2.05) is 0 Å². The Morgan fingerprint density at radius 1 is 1.36 bits per heavy atom. The summed E-state index contributed by atoms with van der Waals surface area (Å²) < 4.78 is 0. The zero-order valence-corrected chi connectivity index (χ0v) is 6.79. The molecule has 0 amide bonds. The molecule has 0 aliphatic heterocycles. The van der Waals surface area contributed by atoms with Crippen LogP contribution in [-0.4, -0.2) is 11.1 Å². The number of fused-ring (bicyclic) bond motifs is 2. The fraction of sp³-hybridized carbons (Fsp3) is 0.889. The summed E-state index contributed by atoms with van der Waals surface area (Å²) in [5.41, 5.74) is 0. The number of aliphatic carboxylic acids is 1. The van der Waals surface area contributed by atoms with Crippen LogP contribution in [0.25, 0.3) is 0 Å². The molecule has 2 saturated carbocycles. The molecule has 0 aromatic heterocycles. The lowest BCUT2D eigenvalue weighted by Crippen LogP contribution is -2.27. The number of carboxylic acid groups (broad SMARTS) is 1. The molecule has 0 aromatic carbocycles. The molecule has 2 bridgehead atoms. The average molecular weight is 154 g/mol. The van der Waals surface area contributed by atoms with Crippen molar-refractivity contribution in [2.45, 2.75) is 26.2 Å². The van der Waals surface area contributed by atoms with Gasteiger partial charge in [-0.15, -0.1) is 0 Å². The molecule has 2 nitrogen and oxygen atoms in total. The predicted molar refractivity (Wildman–Crippen MR) is 41.1 cm³/mol. The highest BCUT2D eigenvalue weighted by Gasteiger charge is 2.48. The first kappa shape index (κ1) is 7.14. The minimum Gasteiger partial charge on any atom is -0.481 e. The van der Waals surface area contributed by atoms with Gasteiger partial charge in [0, 0.05) is 0 Å². The third-order valence-corrected chi connectivity index (χ3v) is 3.62. The van der Waals surface area contributed by atoms with Gasteiger partial charge in [-0.1, -0.05) is 6.92 Å². The fourth-order valence-electron chi connectivity index (χ4n) is 3.01. The van der Waals surface area contributed by atoms with Crippen molar-refractivity contribution < 1.29 is 9.90 Å². The van der Waals surface area contributed by atoms with Crippen molar-refractivity contribution >= 4 is 5.97 Å². The first-order valence-corrected chi connectivity index (χ1v) is 4.43. The van der Waals surface area contributed by atoms with Crippen molar-refractivity contribution in [3.8, 4) is 0 Å². The molecule has 0 saturated heterocycles. The zero-order chi connectivity index (χ0) is 8.01. The van der Waals surface area contributed by atoms with E-state index in [9.17, 15) is 4.79 Å². The molecule has 0 unspecified atom stereocenters. The molecular formula is C9H14O2. The molecule has 2 aliphatic rings. The van der Waals surface area contributed by atoms with Crippen LogP contribution in [0.15, 0.2) is 0 Å². The van der Waals surface area contributed by atoms with Crippen LogP contribution in [0.1, 0.15) is 26.2 Å². The summed E-state index contributed by atoms with van der Waals surface area (Å²) >= 11 is 0. The minimum absolute atomic E-state index is 0.0197. The Kier molecular flexibility index (Phi) is 1.44. The van der Waals surface area contributed by atoms with Gasteiger partial charge in [0.1, 0.15) is 0 Å². The molecule has 62 valence electrons. The molecule has 0 spiro atoms. The Morgan fingerprint density at radius 3 is 2.36 bits per heavy atom. The van der Waals surface area contributed by atoms with E-state index in [1.165, 1.54) is 12.8 Å². The average Bonchev–Trinajstić information content (AvgIpc) is 2.44. The lowest BCUT2D eigenvalue weighted by atomic mass is 9.81. The Balaban J connectivity index is 2.17. The number of hydrogen-bond donors (Lipinski definition) is 1. The monoisotopic (exact) mass is 154 g/mol. The summed E-state index contributed by atoms with van der Waals surface area (Å²) in [6.07, 6.45) is 3.61. The molecule has 1 N–H and O–H groups in total. The Hall–Kier alpha value is -0.530. The molecule has 2 heteroatoms. The third kappa shape index (κ3) is 0.883. The van der Waals surface area contributed by atoms with E-state index in [0.29, 0.717) is 11.8 Å². The summed E-state index contributed by atoms with van der Waals surface area (Å²) in [5.74, 6) is 1.08. The maximum absolute atomic E-state index is 10.8. The number of hydrogen-bond acceptors (Lipinski definition) is 1. The highest BCUT2D eigenvalue weighted by atomic mass is 16.4. The van der Waals surface area contributed by atoms with Crippen LogP contribution in [0.5, 0.6) is 0 Å². The highest BCUT2D eigenvalue weighted by Crippen LogP contribution is 2.51. The van der Waals surface area contributed by atoms with Gasteiger partial charge in [0.25, 0.3) is 0 Å². The van der Waals surface area contributed by atoms with E-state index in [0.717, 1.165) is 12.3 Å². The van der Waals surface area contributed by atoms with Crippen molar-refractivity contribution in [1.82, 2.24) is 0 Å². The Labute approximate surface area is 66.6 Å². The van der Waals surface area contributed by atoms with E-state index in [-0.39, 0.29) is 5.92 Å². The lowest BCUT2D eigenvalue weighted by Gasteiger charge is -2.24. The number of carboxylic acids is 1. The summed E-state index contributed by atoms with van der Waals surface area (Å²) in [6.45, 7) is 2.10. The molecule has 4 atom stereocenters. The number of rotatable bonds is 1. The molecule has 2 aliphatic carbocycles. The van der Waals surface area contributed by atoms with E-state index >= 15 is 0 Å². The first-order valence-electron chi connectivity index (χ1n) is 4.43. The topological polar surface area (TPSA) is 37.3 Å². The van der Waals surface area contributed by atoms with Gasteiger partial charge < -0.3 is 5.11 Å². The molecule has 11 heavy (non-hydrogen) atoms. The van der Waals surface area contributed by atoms with E-state index in [1.54, 1.807) is 0 Å². The second-order valence-electron chi connectivity index (χ2n) is 4.06. The van der Waals surface area contributed by atoms with Gasteiger partial charge in [0.2, 0.25) is 0 Å². The van der Waals surface area contributed by atoms with Crippen molar-refractivity contribution in [2.75, 3.05) is 0 Å². The second kappa shape index (κ2) is 2.23. The van der Waals surface area contributed by atoms with Gasteiger partial charge in [-0.25, -0.2) is 0 Å². The standard InChI is InChI=1S/C9H14O2/c1-5-6-2-3-7(4-6)8(5)9(10)11/h5-8H,2-4H2,1H3,(H,10,11)/t5-,6+,7-,8+/m1/s1. The first-order chi connectivity index (χ1) is 5.20. The molecule has 0 radical (unpaired) electrons. The van der Waals surface area contributed by atoms with Crippen molar-refractivity contribution in [1.29, 1.82) is 0 Å². The lowest BCUT2D eigenvalue weighted by molar-refractivity contribution is -0.145. The van der Waals surface area contributed by atoms with Gasteiger partial charge in [-0.3, -0.25) is 4.79 Å². The maximum atomic E-state index is 10.8. The van der Waals surface area contributed by atoms with Crippen LogP contribution in [0.2, 0.25) is 0 Å². The molecule has 0 aromatic rings. The van der Waals surface area contributed by atoms with Crippen molar-refractivity contribution in [3.63, 3.8) is 0 Å². The van der Waals surface area contributed by atoms with Gasteiger partial charge in [-0.2, -0.15) is 0 Å². The molecule has 2 rings (SSSR count).